The Morgan fingerprint density at radius 3 is 2.50 bits per heavy atom. The molecule has 1 N–H and O–H groups in total. The van der Waals surface area contributed by atoms with Crippen molar-refractivity contribution in [1.82, 2.24) is 10.2 Å². The van der Waals surface area contributed by atoms with Crippen molar-refractivity contribution in [3.63, 3.8) is 0 Å². The first-order valence-corrected chi connectivity index (χ1v) is 6.11. The molecule has 0 radical (unpaired) electrons. The molecule has 0 aliphatic carbocycles. The minimum absolute atomic E-state index is 0. The number of piperazine rings is 1. The summed E-state index contributed by atoms with van der Waals surface area (Å²) in [6.07, 6.45) is 0. The summed E-state index contributed by atoms with van der Waals surface area (Å²) in [6, 6.07) is 4.03. The van der Waals surface area contributed by atoms with Gasteiger partial charge in [0.25, 0.3) is 0 Å². The van der Waals surface area contributed by atoms with Gasteiger partial charge in [-0.05, 0) is 12.1 Å². The molecule has 1 fully saturated rings. The Hall–Kier alpha value is -0.620. The number of rotatable bonds is 4. The first kappa shape index (κ1) is 19.4. The lowest BCUT2D eigenvalue weighted by molar-refractivity contribution is 0.142. The summed E-state index contributed by atoms with van der Waals surface area (Å²) in [5.41, 5.74) is 0.324. The molecule has 2 rings (SSSR count). The predicted molar refractivity (Wildman–Crippen MR) is 80.6 cm³/mol. The lowest BCUT2D eigenvalue weighted by Crippen LogP contribution is -2.46. The van der Waals surface area contributed by atoms with E-state index in [1.54, 1.807) is 12.1 Å². The first-order chi connectivity index (χ1) is 8.77. The highest BCUT2D eigenvalue weighted by Gasteiger charge is 2.27. The Bertz CT molecular complexity index is 404. The Labute approximate surface area is 130 Å². The number of methoxy groups -OCH3 is 1. The van der Waals surface area contributed by atoms with E-state index in [1.165, 1.54) is 13.2 Å². The molecule has 0 bridgehead atoms. The molecule has 0 unspecified atom stereocenters. The van der Waals surface area contributed by atoms with Crippen LogP contribution in [-0.2, 0) is 0 Å². The highest BCUT2D eigenvalue weighted by molar-refractivity contribution is 5.85. The van der Waals surface area contributed by atoms with Crippen LogP contribution in [0.15, 0.2) is 18.2 Å². The van der Waals surface area contributed by atoms with Crippen molar-refractivity contribution < 1.29 is 13.5 Å². The topological polar surface area (TPSA) is 24.5 Å². The van der Waals surface area contributed by atoms with Gasteiger partial charge < -0.3 is 10.1 Å². The Morgan fingerprint density at radius 2 is 1.95 bits per heavy atom. The van der Waals surface area contributed by atoms with Crippen LogP contribution in [0.4, 0.5) is 8.78 Å². The average molecular weight is 329 g/mol. The summed E-state index contributed by atoms with van der Waals surface area (Å²) in [5, 5.41) is 3.20. The van der Waals surface area contributed by atoms with Crippen molar-refractivity contribution >= 4 is 24.8 Å². The van der Waals surface area contributed by atoms with Gasteiger partial charge in [0.15, 0.2) is 0 Å². The SMILES string of the molecule is COc1cccc(F)c1[C@@H](CF)N1CCNCC1.Cl.Cl. The van der Waals surface area contributed by atoms with Gasteiger partial charge in [0.05, 0.1) is 13.2 Å². The lowest BCUT2D eigenvalue weighted by atomic mass is 10.0. The maximum Gasteiger partial charge on any atom is 0.131 e. The number of hydrogen-bond acceptors (Lipinski definition) is 3. The molecule has 1 heterocycles. The van der Waals surface area contributed by atoms with Gasteiger partial charge in [0.2, 0.25) is 0 Å². The molecule has 1 aromatic carbocycles. The van der Waals surface area contributed by atoms with Crippen molar-refractivity contribution in [1.29, 1.82) is 0 Å². The molecule has 1 aliphatic rings. The zero-order valence-corrected chi connectivity index (χ0v) is 12.9. The maximum atomic E-state index is 13.9. The zero-order chi connectivity index (χ0) is 13.0. The van der Waals surface area contributed by atoms with E-state index in [4.69, 9.17) is 4.74 Å². The van der Waals surface area contributed by atoms with E-state index in [2.05, 4.69) is 5.32 Å². The second-order valence-corrected chi connectivity index (χ2v) is 4.31. The average Bonchev–Trinajstić information content (AvgIpc) is 2.42. The minimum atomic E-state index is -0.614. The number of alkyl halides is 1. The molecule has 1 saturated heterocycles. The van der Waals surface area contributed by atoms with E-state index in [0.29, 0.717) is 24.4 Å². The van der Waals surface area contributed by atoms with Crippen molar-refractivity contribution in [2.45, 2.75) is 6.04 Å². The lowest BCUT2D eigenvalue weighted by Gasteiger charge is -2.34. The summed E-state index contributed by atoms with van der Waals surface area (Å²) >= 11 is 0. The van der Waals surface area contributed by atoms with E-state index in [0.717, 1.165) is 13.1 Å². The molecule has 0 amide bonds. The van der Waals surface area contributed by atoms with Gasteiger partial charge in [-0.15, -0.1) is 24.8 Å². The van der Waals surface area contributed by atoms with Crippen LogP contribution >= 0.6 is 24.8 Å². The van der Waals surface area contributed by atoms with Gasteiger partial charge in [-0.3, -0.25) is 4.90 Å². The van der Waals surface area contributed by atoms with Crippen LogP contribution in [-0.4, -0.2) is 44.9 Å². The van der Waals surface area contributed by atoms with Gasteiger partial charge in [0, 0.05) is 31.7 Å². The highest BCUT2D eigenvalue weighted by Crippen LogP contribution is 2.32. The maximum absolute atomic E-state index is 13.9. The second kappa shape index (κ2) is 9.34. The van der Waals surface area contributed by atoms with E-state index in [-0.39, 0.29) is 24.8 Å². The molecule has 7 heteroatoms. The summed E-state index contributed by atoms with van der Waals surface area (Å²) in [6.45, 7) is 2.41. The summed E-state index contributed by atoms with van der Waals surface area (Å²) in [5.74, 6) is 0.00622. The third kappa shape index (κ3) is 4.19. The molecule has 3 nitrogen and oxygen atoms in total. The van der Waals surface area contributed by atoms with Gasteiger partial charge in [0.1, 0.15) is 18.2 Å². The van der Waals surface area contributed by atoms with Gasteiger partial charge in [-0.25, -0.2) is 8.78 Å². The molecular formula is C13H20Cl2F2N2O. The number of nitrogens with one attached hydrogen (secondary N) is 1. The third-order valence-electron chi connectivity index (χ3n) is 3.30. The molecular weight excluding hydrogens is 309 g/mol. The van der Waals surface area contributed by atoms with Gasteiger partial charge in [-0.2, -0.15) is 0 Å². The van der Waals surface area contributed by atoms with Gasteiger partial charge >= 0.3 is 0 Å². The van der Waals surface area contributed by atoms with Crippen LogP contribution in [0.3, 0.4) is 0 Å². The molecule has 20 heavy (non-hydrogen) atoms. The molecule has 0 saturated carbocycles. The largest absolute Gasteiger partial charge is 0.496 e. The molecule has 1 atom stereocenters. The Balaban J connectivity index is 0.00000180. The van der Waals surface area contributed by atoms with Crippen molar-refractivity contribution in [3.05, 3.63) is 29.6 Å². The monoisotopic (exact) mass is 328 g/mol. The van der Waals surface area contributed by atoms with Crippen molar-refractivity contribution in [2.75, 3.05) is 40.0 Å². The van der Waals surface area contributed by atoms with E-state index < -0.39 is 18.5 Å². The zero-order valence-electron chi connectivity index (χ0n) is 11.3. The van der Waals surface area contributed by atoms with E-state index >= 15 is 0 Å². The van der Waals surface area contributed by atoms with E-state index in [9.17, 15) is 8.78 Å². The minimum Gasteiger partial charge on any atom is -0.496 e. The van der Waals surface area contributed by atoms with Gasteiger partial charge in [-0.1, -0.05) is 6.07 Å². The summed E-state index contributed by atoms with van der Waals surface area (Å²) in [7, 11) is 1.48. The Kier molecular flexibility index (Phi) is 9.05. The standard InChI is InChI=1S/C13H18F2N2O.2ClH/c1-18-12-4-2-3-10(15)13(12)11(9-14)17-7-5-16-6-8-17;;/h2-4,11,16H,5-9H2,1H3;2*1H/t11-;;/m1../s1. The molecule has 116 valence electrons. The predicted octanol–water partition coefficient (Wildman–Crippen LogP) is 2.59. The van der Waals surface area contributed by atoms with Crippen LogP contribution in [0.5, 0.6) is 5.75 Å². The molecule has 1 aliphatic heterocycles. The number of halogens is 4. The fraction of sp³-hybridized carbons (Fsp3) is 0.538. The molecule has 1 aromatic rings. The molecule has 0 spiro atoms. The third-order valence-corrected chi connectivity index (χ3v) is 3.30. The quantitative estimate of drug-likeness (QED) is 0.919. The summed E-state index contributed by atoms with van der Waals surface area (Å²) < 4.78 is 32.4. The van der Waals surface area contributed by atoms with Crippen LogP contribution in [0, 0.1) is 5.82 Å². The van der Waals surface area contributed by atoms with Crippen LogP contribution in [0.2, 0.25) is 0 Å². The van der Waals surface area contributed by atoms with Crippen LogP contribution in [0.1, 0.15) is 11.6 Å². The van der Waals surface area contributed by atoms with Crippen LogP contribution < -0.4 is 10.1 Å². The summed E-state index contributed by atoms with van der Waals surface area (Å²) in [4.78, 5) is 1.96. The van der Waals surface area contributed by atoms with Crippen LogP contribution in [0.25, 0.3) is 0 Å². The smallest absolute Gasteiger partial charge is 0.131 e. The Morgan fingerprint density at radius 1 is 1.30 bits per heavy atom. The number of benzene rings is 1. The number of hydrogen-bond donors (Lipinski definition) is 1. The van der Waals surface area contributed by atoms with E-state index in [1.807, 2.05) is 4.90 Å². The number of ether oxygens (including phenoxy) is 1. The highest BCUT2D eigenvalue weighted by atomic mass is 35.5. The molecule has 0 aromatic heterocycles. The fourth-order valence-electron chi connectivity index (χ4n) is 2.37. The normalized spacial score (nSPS) is 16.8. The fourth-order valence-corrected chi connectivity index (χ4v) is 2.37. The second-order valence-electron chi connectivity index (χ2n) is 4.31. The first-order valence-electron chi connectivity index (χ1n) is 6.11. The van der Waals surface area contributed by atoms with Crippen molar-refractivity contribution in [3.8, 4) is 5.75 Å². The van der Waals surface area contributed by atoms with Crippen molar-refractivity contribution in [2.24, 2.45) is 0 Å². The number of nitrogens with zero attached hydrogens (tertiary/aromatic N) is 1.